The van der Waals surface area contributed by atoms with Gasteiger partial charge in [-0.2, -0.15) is 0 Å². The van der Waals surface area contributed by atoms with Crippen molar-refractivity contribution in [1.29, 1.82) is 0 Å². The van der Waals surface area contributed by atoms with Crippen LogP contribution in [0.15, 0.2) is 58.1 Å². The molecule has 0 unspecified atom stereocenters. The first-order valence-electron chi connectivity index (χ1n) is 7.86. The van der Waals surface area contributed by atoms with Crippen molar-refractivity contribution in [3.63, 3.8) is 0 Å². The molecule has 2 aromatic carbocycles. The zero-order valence-electron chi connectivity index (χ0n) is 13.6. The van der Waals surface area contributed by atoms with Crippen molar-refractivity contribution in [3.8, 4) is 17.2 Å². The van der Waals surface area contributed by atoms with Gasteiger partial charge in [0.25, 0.3) is 0 Å². The van der Waals surface area contributed by atoms with Gasteiger partial charge in [0, 0.05) is 23.8 Å². The van der Waals surface area contributed by atoms with Gasteiger partial charge >= 0.3 is 0 Å². The normalized spacial score (nSPS) is 11.1. The third kappa shape index (κ3) is 3.51. The molecule has 0 atom stereocenters. The summed E-state index contributed by atoms with van der Waals surface area (Å²) in [5.41, 5.74) is 2.82. The van der Waals surface area contributed by atoms with E-state index in [2.05, 4.69) is 20.2 Å². The van der Waals surface area contributed by atoms with E-state index in [1.807, 2.05) is 48.5 Å². The zero-order valence-corrected chi connectivity index (χ0v) is 14.4. The summed E-state index contributed by atoms with van der Waals surface area (Å²) in [5.74, 6) is 2.79. The van der Waals surface area contributed by atoms with Gasteiger partial charge in [-0.25, -0.2) is 4.98 Å². The number of hydrogen-bond acceptors (Lipinski definition) is 6. The molecule has 2 aromatic heterocycles. The number of aromatic nitrogens is 4. The molecule has 6 nitrogen and oxygen atoms in total. The summed E-state index contributed by atoms with van der Waals surface area (Å²) in [5, 5.41) is 9.08. The fourth-order valence-corrected chi connectivity index (χ4v) is 3.26. The molecule has 0 spiro atoms. The second kappa shape index (κ2) is 6.98. The second-order valence-electron chi connectivity index (χ2n) is 5.39. The molecular weight excluding hydrogens is 336 g/mol. The molecule has 0 fully saturated rings. The number of imidazole rings is 1. The molecule has 0 radical (unpaired) electrons. The molecule has 0 saturated heterocycles. The topological polar surface area (TPSA) is 76.8 Å². The van der Waals surface area contributed by atoms with Gasteiger partial charge in [-0.15, -0.1) is 10.2 Å². The Kier molecular flexibility index (Phi) is 4.39. The average Bonchev–Trinajstić information content (AvgIpc) is 3.28. The lowest BCUT2D eigenvalue weighted by Gasteiger charge is -1.96. The van der Waals surface area contributed by atoms with Crippen LogP contribution in [0.25, 0.3) is 22.5 Å². The van der Waals surface area contributed by atoms with E-state index in [1.165, 1.54) is 0 Å². The van der Waals surface area contributed by atoms with E-state index < -0.39 is 0 Å². The largest absolute Gasteiger partial charge is 0.497 e. The third-order valence-corrected chi connectivity index (χ3v) is 4.58. The van der Waals surface area contributed by atoms with Crippen molar-refractivity contribution >= 4 is 22.8 Å². The Hall–Kier alpha value is -2.80. The first-order valence-corrected chi connectivity index (χ1v) is 8.85. The lowest BCUT2D eigenvalue weighted by molar-refractivity contribution is 0.415. The second-order valence-corrected chi connectivity index (χ2v) is 6.47. The van der Waals surface area contributed by atoms with Gasteiger partial charge in [-0.1, -0.05) is 30.0 Å². The van der Waals surface area contributed by atoms with Crippen molar-refractivity contribution in [2.24, 2.45) is 0 Å². The molecule has 25 heavy (non-hydrogen) atoms. The molecular formula is C18H16N4O2S. The van der Waals surface area contributed by atoms with E-state index in [9.17, 15) is 0 Å². The first-order chi connectivity index (χ1) is 12.3. The van der Waals surface area contributed by atoms with Gasteiger partial charge in [0.1, 0.15) is 5.75 Å². The van der Waals surface area contributed by atoms with Crippen LogP contribution < -0.4 is 4.74 Å². The maximum atomic E-state index is 5.71. The standard InChI is InChI=1S/C18H16N4O2S/c1-23-13-7-8-14-15(11-13)20-18(19-14)25-10-9-16-21-22-17(24-16)12-5-3-2-4-6-12/h2-8,11H,9-10H2,1H3,(H,19,20). The Morgan fingerprint density at radius 2 is 2.00 bits per heavy atom. The quantitative estimate of drug-likeness (QED) is 0.529. The number of nitrogens with one attached hydrogen (secondary N) is 1. The number of aromatic amines is 1. The van der Waals surface area contributed by atoms with Crippen LogP contribution in [0.4, 0.5) is 0 Å². The highest BCUT2D eigenvalue weighted by molar-refractivity contribution is 7.99. The smallest absolute Gasteiger partial charge is 0.247 e. The number of benzene rings is 2. The fourth-order valence-electron chi connectivity index (χ4n) is 2.45. The fraction of sp³-hybridized carbons (Fsp3) is 0.167. The van der Waals surface area contributed by atoms with E-state index in [0.717, 1.165) is 33.3 Å². The van der Waals surface area contributed by atoms with E-state index in [-0.39, 0.29) is 0 Å². The lowest BCUT2D eigenvalue weighted by Crippen LogP contribution is -1.89. The minimum absolute atomic E-state index is 0.552. The summed E-state index contributed by atoms with van der Waals surface area (Å²) < 4.78 is 10.9. The van der Waals surface area contributed by atoms with Crippen LogP contribution in [0.1, 0.15) is 5.89 Å². The summed E-state index contributed by atoms with van der Waals surface area (Å²) in [7, 11) is 1.65. The lowest BCUT2D eigenvalue weighted by atomic mass is 10.2. The third-order valence-electron chi connectivity index (χ3n) is 3.71. The number of rotatable bonds is 6. The van der Waals surface area contributed by atoms with Crippen LogP contribution in [0.2, 0.25) is 0 Å². The number of methoxy groups -OCH3 is 1. The Bertz CT molecular complexity index is 981. The summed E-state index contributed by atoms with van der Waals surface area (Å²) in [6.45, 7) is 0. The Morgan fingerprint density at radius 1 is 1.12 bits per heavy atom. The van der Waals surface area contributed by atoms with Crippen LogP contribution in [0.5, 0.6) is 5.75 Å². The molecule has 126 valence electrons. The number of H-pyrrole nitrogens is 1. The Labute approximate surface area is 148 Å². The maximum Gasteiger partial charge on any atom is 0.247 e. The number of ether oxygens (including phenoxy) is 1. The van der Waals surface area contributed by atoms with Gasteiger partial charge < -0.3 is 14.1 Å². The SMILES string of the molecule is COc1ccc2nc(SCCc3nnc(-c4ccccc4)o3)[nH]c2c1. The van der Waals surface area contributed by atoms with Gasteiger partial charge in [-0.05, 0) is 24.3 Å². The van der Waals surface area contributed by atoms with Gasteiger partial charge in [0.15, 0.2) is 5.16 Å². The minimum Gasteiger partial charge on any atom is -0.497 e. The number of aryl methyl sites for hydroxylation is 1. The van der Waals surface area contributed by atoms with Gasteiger partial charge in [0.05, 0.1) is 18.1 Å². The molecule has 2 heterocycles. The van der Waals surface area contributed by atoms with Crippen LogP contribution >= 0.6 is 11.8 Å². The molecule has 0 saturated carbocycles. The highest BCUT2D eigenvalue weighted by Gasteiger charge is 2.09. The molecule has 1 N–H and O–H groups in total. The predicted octanol–water partition coefficient (Wildman–Crippen LogP) is 3.96. The van der Waals surface area contributed by atoms with Crippen LogP contribution in [-0.2, 0) is 6.42 Å². The molecule has 0 aliphatic rings. The minimum atomic E-state index is 0.552. The molecule has 7 heteroatoms. The molecule has 4 rings (SSSR count). The van der Waals surface area contributed by atoms with Crippen molar-refractivity contribution in [3.05, 3.63) is 54.4 Å². The van der Waals surface area contributed by atoms with Gasteiger partial charge in [0.2, 0.25) is 11.8 Å². The molecule has 0 aliphatic carbocycles. The van der Waals surface area contributed by atoms with Crippen molar-refractivity contribution in [2.75, 3.05) is 12.9 Å². The van der Waals surface area contributed by atoms with E-state index in [4.69, 9.17) is 9.15 Å². The molecule has 0 bridgehead atoms. The average molecular weight is 352 g/mol. The number of hydrogen-bond donors (Lipinski definition) is 1. The molecule has 0 amide bonds. The number of nitrogens with zero attached hydrogens (tertiary/aromatic N) is 3. The predicted molar refractivity (Wildman–Crippen MR) is 96.8 cm³/mol. The van der Waals surface area contributed by atoms with Crippen molar-refractivity contribution in [1.82, 2.24) is 20.2 Å². The highest BCUT2D eigenvalue weighted by atomic mass is 32.2. The van der Waals surface area contributed by atoms with Gasteiger partial charge in [-0.3, -0.25) is 0 Å². The van der Waals surface area contributed by atoms with Crippen molar-refractivity contribution < 1.29 is 9.15 Å². The maximum absolute atomic E-state index is 5.71. The number of fused-ring (bicyclic) bond motifs is 1. The zero-order chi connectivity index (χ0) is 17.1. The Morgan fingerprint density at radius 3 is 2.84 bits per heavy atom. The van der Waals surface area contributed by atoms with Crippen LogP contribution in [-0.4, -0.2) is 33.0 Å². The van der Waals surface area contributed by atoms with Crippen molar-refractivity contribution in [2.45, 2.75) is 11.6 Å². The first kappa shape index (κ1) is 15.7. The molecule has 0 aliphatic heterocycles. The summed E-state index contributed by atoms with van der Waals surface area (Å²) in [6, 6.07) is 15.6. The molecule has 4 aromatic rings. The van der Waals surface area contributed by atoms with Crippen LogP contribution in [0.3, 0.4) is 0 Å². The van der Waals surface area contributed by atoms with E-state index in [0.29, 0.717) is 18.2 Å². The highest BCUT2D eigenvalue weighted by Crippen LogP contribution is 2.24. The summed E-state index contributed by atoms with van der Waals surface area (Å²) >= 11 is 1.62. The van der Waals surface area contributed by atoms with Crippen LogP contribution in [0, 0.1) is 0 Å². The van der Waals surface area contributed by atoms with E-state index in [1.54, 1.807) is 18.9 Å². The number of thioether (sulfide) groups is 1. The Balaban J connectivity index is 1.39. The summed E-state index contributed by atoms with van der Waals surface area (Å²) in [6.07, 6.45) is 0.685. The monoisotopic (exact) mass is 352 g/mol. The van der Waals surface area contributed by atoms with E-state index >= 15 is 0 Å². The summed E-state index contributed by atoms with van der Waals surface area (Å²) in [4.78, 5) is 7.85.